The third-order valence-corrected chi connectivity index (χ3v) is 4.29. The van der Waals surface area contributed by atoms with E-state index in [-0.39, 0.29) is 17.1 Å². The van der Waals surface area contributed by atoms with Crippen LogP contribution in [0.15, 0.2) is 22.7 Å². The van der Waals surface area contributed by atoms with Crippen LogP contribution >= 0.6 is 15.9 Å². The molecule has 0 saturated carbocycles. The Morgan fingerprint density at radius 1 is 1.58 bits per heavy atom. The highest BCUT2D eigenvalue weighted by atomic mass is 79.9. The molecule has 0 spiro atoms. The number of carbonyl (C=O) groups is 1. The van der Waals surface area contributed by atoms with E-state index >= 15 is 0 Å². The Labute approximate surface area is 121 Å². The van der Waals surface area contributed by atoms with E-state index in [0.29, 0.717) is 16.7 Å². The molecule has 0 bridgehead atoms. The maximum Gasteiger partial charge on any atom is 0.231 e. The minimum absolute atomic E-state index is 0.0201. The predicted octanol–water partition coefficient (Wildman–Crippen LogP) is 3.31. The molecular formula is C14H18BrFN2O. The Morgan fingerprint density at radius 3 is 2.95 bits per heavy atom. The van der Waals surface area contributed by atoms with E-state index in [0.717, 1.165) is 25.8 Å². The molecule has 2 rings (SSSR count). The molecule has 0 aromatic heterocycles. The fourth-order valence-corrected chi connectivity index (χ4v) is 3.04. The predicted molar refractivity (Wildman–Crippen MR) is 77.6 cm³/mol. The summed E-state index contributed by atoms with van der Waals surface area (Å²) in [6.45, 7) is 3.67. The van der Waals surface area contributed by atoms with Crippen molar-refractivity contribution in [2.45, 2.75) is 26.2 Å². The van der Waals surface area contributed by atoms with Crippen molar-refractivity contribution in [2.75, 3.05) is 18.4 Å². The van der Waals surface area contributed by atoms with Crippen LogP contribution in [0, 0.1) is 11.2 Å². The van der Waals surface area contributed by atoms with Crippen molar-refractivity contribution in [2.24, 2.45) is 5.41 Å². The summed E-state index contributed by atoms with van der Waals surface area (Å²) in [5, 5.41) is 6.17. The van der Waals surface area contributed by atoms with Crippen LogP contribution in [-0.2, 0) is 4.79 Å². The van der Waals surface area contributed by atoms with Crippen LogP contribution in [0.3, 0.4) is 0 Å². The van der Waals surface area contributed by atoms with Gasteiger partial charge in [-0.3, -0.25) is 4.79 Å². The van der Waals surface area contributed by atoms with Crippen molar-refractivity contribution in [1.29, 1.82) is 0 Å². The molecule has 1 amide bonds. The largest absolute Gasteiger partial charge is 0.325 e. The zero-order valence-electron chi connectivity index (χ0n) is 10.9. The quantitative estimate of drug-likeness (QED) is 0.890. The summed E-state index contributed by atoms with van der Waals surface area (Å²) >= 11 is 3.27. The van der Waals surface area contributed by atoms with E-state index in [1.807, 2.05) is 0 Å². The lowest BCUT2D eigenvalue weighted by atomic mass is 9.81. The average Bonchev–Trinajstić information content (AvgIpc) is 2.83. The van der Waals surface area contributed by atoms with Gasteiger partial charge in [0.25, 0.3) is 0 Å². The Morgan fingerprint density at radius 2 is 2.37 bits per heavy atom. The number of amides is 1. The summed E-state index contributed by atoms with van der Waals surface area (Å²) in [4.78, 5) is 12.5. The highest BCUT2D eigenvalue weighted by Gasteiger charge is 2.40. The van der Waals surface area contributed by atoms with Crippen molar-refractivity contribution in [3.05, 3.63) is 28.5 Å². The molecule has 19 heavy (non-hydrogen) atoms. The van der Waals surface area contributed by atoms with Crippen molar-refractivity contribution >= 4 is 27.5 Å². The molecule has 1 aliphatic heterocycles. The number of benzene rings is 1. The van der Waals surface area contributed by atoms with Crippen molar-refractivity contribution < 1.29 is 9.18 Å². The van der Waals surface area contributed by atoms with Crippen LogP contribution < -0.4 is 10.6 Å². The van der Waals surface area contributed by atoms with Gasteiger partial charge in [-0.25, -0.2) is 4.39 Å². The Kier molecular flexibility index (Phi) is 4.58. The minimum atomic E-state index is -0.331. The summed E-state index contributed by atoms with van der Waals surface area (Å²) in [5.74, 6) is -0.303. The summed E-state index contributed by atoms with van der Waals surface area (Å²) < 4.78 is 13.6. The fraction of sp³-hybridized carbons (Fsp3) is 0.500. The van der Waals surface area contributed by atoms with Crippen molar-refractivity contribution in [1.82, 2.24) is 5.32 Å². The molecule has 1 saturated heterocycles. The number of carbonyl (C=O) groups excluding carboxylic acids is 1. The number of anilines is 1. The van der Waals surface area contributed by atoms with Gasteiger partial charge in [-0.2, -0.15) is 0 Å². The molecule has 1 aliphatic rings. The standard InChI is InChI=1S/C14H18BrFN2O/c1-2-5-14(6-7-17-9-14)13(19)18-12-4-3-10(16)8-11(12)15/h3-4,8,17H,2,5-7,9H2,1H3,(H,18,19). The first-order valence-electron chi connectivity index (χ1n) is 6.54. The van der Waals surface area contributed by atoms with Crippen LogP contribution in [0.1, 0.15) is 26.2 Å². The normalized spacial score (nSPS) is 22.5. The highest BCUT2D eigenvalue weighted by Crippen LogP contribution is 2.33. The topological polar surface area (TPSA) is 41.1 Å². The molecule has 104 valence electrons. The molecule has 1 aromatic rings. The second kappa shape index (κ2) is 6.01. The van der Waals surface area contributed by atoms with Crippen LogP contribution in [0.4, 0.5) is 10.1 Å². The van der Waals surface area contributed by atoms with Crippen LogP contribution in [-0.4, -0.2) is 19.0 Å². The molecule has 1 heterocycles. The van der Waals surface area contributed by atoms with Gasteiger partial charge in [0.05, 0.1) is 11.1 Å². The summed E-state index contributed by atoms with van der Waals surface area (Å²) in [6, 6.07) is 4.29. The summed E-state index contributed by atoms with van der Waals surface area (Å²) in [5.41, 5.74) is 0.288. The number of hydrogen-bond acceptors (Lipinski definition) is 2. The zero-order valence-corrected chi connectivity index (χ0v) is 12.5. The number of hydrogen-bond donors (Lipinski definition) is 2. The smallest absolute Gasteiger partial charge is 0.231 e. The monoisotopic (exact) mass is 328 g/mol. The van der Waals surface area contributed by atoms with E-state index in [9.17, 15) is 9.18 Å². The van der Waals surface area contributed by atoms with Gasteiger partial charge in [-0.1, -0.05) is 13.3 Å². The number of nitrogens with one attached hydrogen (secondary N) is 2. The average molecular weight is 329 g/mol. The van der Waals surface area contributed by atoms with E-state index in [1.165, 1.54) is 12.1 Å². The minimum Gasteiger partial charge on any atom is -0.325 e. The Hall–Kier alpha value is -0.940. The number of rotatable bonds is 4. The third-order valence-electron chi connectivity index (χ3n) is 3.63. The SMILES string of the molecule is CCCC1(C(=O)Nc2ccc(F)cc2Br)CCNC1. The molecule has 2 N–H and O–H groups in total. The van der Waals surface area contributed by atoms with Gasteiger partial charge >= 0.3 is 0 Å². The van der Waals surface area contributed by atoms with Gasteiger partial charge in [0, 0.05) is 11.0 Å². The van der Waals surface area contributed by atoms with Gasteiger partial charge in [-0.15, -0.1) is 0 Å². The van der Waals surface area contributed by atoms with E-state index in [2.05, 4.69) is 33.5 Å². The van der Waals surface area contributed by atoms with E-state index in [1.54, 1.807) is 6.07 Å². The second-order valence-electron chi connectivity index (χ2n) is 5.04. The lowest BCUT2D eigenvalue weighted by molar-refractivity contribution is -0.125. The molecule has 1 aromatic carbocycles. The number of halogens is 2. The first-order valence-corrected chi connectivity index (χ1v) is 7.34. The van der Waals surface area contributed by atoms with Crippen LogP contribution in [0.5, 0.6) is 0 Å². The molecule has 0 radical (unpaired) electrons. The summed E-state index contributed by atoms with van der Waals surface area (Å²) in [6.07, 6.45) is 2.69. The van der Waals surface area contributed by atoms with Crippen molar-refractivity contribution in [3.8, 4) is 0 Å². The lowest BCUT2D eigenvalue weighted by Gasteiger charge is -2.26. The lowest BCUT2D eigenvalue weighted by Crippen LogP contribution is -2.38. The first-order chi connectivity index (χ1) is 9.07. The maximum absolute atomic E-state index is 13.0. The zero-order chi connectivity index (χ0) is 13.9. The van der Waals surface area contributed by atoms with Crippen LogP contribution in [0.25, 0.3) is 0 Å². The molecule has 1 atom stereocenters. The van der Waals surface area contributed by atoms with Crippen LogP contribution in [0.2, 0.25) is 0 Å². The maximum atomic E-state index is 13.0. The molecule has 1 fully saturated rings. The van der Waals surface area contributed by atoms with Crippen molar-refractivity contribution in [3.63, 3.8) is 0 Å². The van der Waals surface area contributed by atoms with Gasteiger partial charge < -0.3 is 10.6 Å². The van der Waals surface area contributed by atoms with Gasteiger partial charge in [0.1, 0.15) is 5.82 Å². The second-order valence-corrected chi connectivity index (χ2v) is 5.89. The first kappa shape index (κ1) is 14.5. The third kappa shape index (κ3) is 3.15. The molecular weight excluding hydrogens is 311 g/mol. The molecule has 5 heteroatoms. The van der Waals surface area contributed by atoms with E-state index < -0.39 is 0 Å². The van der Waals surface area contributed by atoms with Gasteiger partial charge in [0.15, 0.2) is 0 Å². The van der Waals surface area contributed by atoms with Gasteiger partial charge in [0.2, 0.25) is 5.91 Å². The molecule has 1 unspecified atom stereocenters. The molecule has 3 nitrogen and oxygen atoms in total. The molecule has 0 aliphatic carbocycles. The Balaban J connectivity index is 2.15. The Bertz CT molecular complexity index is 473. The van der Waals surface area contributed by atoms with E-state index in [4.69, 9.17) is 0 Å². The van der Waals surface area contributed by atoms with Gasteiger partial charge in [-0.05, 0) is 53.5 Å². The highest BCUT2D eigenvalue weighted by molar-refractivity contribution is 9.10. The fourth-order valence-electron chi connectivity index (χ4n) is 2.59. The summed E-state index contributed by atoms with van der Waals surface area (Å²) in [7, 11) is 0.